The lowest BCUT2D eigenvalue weighted by Gasteiger charge is -2.29. The highest BCUT2D eigenvalue weighted by Gasteiger charge is 2.41. The number of benzene rings is 3. The molecule has 0 radical (unpaired) electrons. The predicted molar refractivity (Wildman–Crippen MR) is 110 cm³/mol. The SMILES string of the molecule is CCC1(CC)c2ccccc2-c2c1ccc1oc3c(B(O)O)cccc3c21. The van der Waals surface area contributed by atoms with Gasteiger partial charge < -0.3 is 14.5 Å². The lowest BCUT2D eigenvalue weighted by atomic mass is 9.74. The van der Waals surface area contributed by atoms with Gasteiger partial charge in [-0.15, -0.1) is 0 Å². The van der Waals surface area contributed by atoms with Crippen molar-refractivity contribution in [1.29, 1.82) is 0 Å². The van der Waals surface area contributed by atoms with Gasteiger partial charge in [0.15, 0.2) is 0 Å². The van der Waals surface area contributed by atoms with E-state index in [2.05, 4.69) is 44.2 Å². The molecule has 0 bridgehead atoms. The first-order valence-electron chi connectivity index (χ1n) is 9.57. The Morgan fingerprint density at radius 3 is 2.41 bits per heavy atom. The van der Waals surface area contributed by atoms with Crippen LogP contribution in [0.3, 0.4) is 0 Å². The summed E-state index contributed by atoms with van der Waals surface area (Å²) in [5, 5.41) is 21.5. The molecular weight excluding hydrogens is 335 g/mol. The van der Waals surface area contributed by atoms with Crippen molar-refractivity contribution < 1.29 is 14.5 Å². The topological polar surface area (TPSA) is 53.6 Å². The molecule has 0 atom stereocenters. The molecule has 1 aliphatic rings. The fourth-order valence-corrected chi connectivity index (χ4v) is 5.07. The van der Waals surface area contributed by atoms with Crippen molar-refractivity contribution in [2.24, 2.45) is 0 Å². The zero-order chi connectivity index (χ0) is 18.8. The maximum absolute atomic E-state index is 9.75. The van der Waals surface area contributed by atoms with Gasteiger partial charge in [0.1, 0.15) is 11.2 Å². The molecule has 0 saturated heterocycles. The minimum absolute atomic E-state index is 0.0117. The molecule has 0 spiro atoms. The van der Waals surface area contributed by atoms with Crippen LogP contribution in [-0.4, -0.2) is 17.2 Å². The molecule has 134 valence electrons. The summed E-state index contributed by atoms with van der Waals surface area (Å²) in [5.41, 5.74) is 6.98. The number of hydrogen-bond acceptors (Lipinski definition) is 3. The summed E-state index contributed by atoms with van der Waals surface area (Å²) in [6, 6.07) is 18.5. The van der Waals surface area contributed by atoms with Crippen LogP contribution in [0.25, 0.3) is 33.1 Å². The lowest BCUT2D eigenvalue weighted by Crippen LogP contribution is -2.29. The van der Waals surface area contributed by atoms with Crippen molar-refractivity contribution in [1.82, 2.24) is 0 Å². The summed E-state index contributed by atoms with van der Waals surface area (Å²) in [4.78, 5) is 0. The van der Waals surface area contributed by atoms with Crippen LogP contribution in [0, 0.1) is 0 Å². The van der Waals surface area contributed by atoms with Gasteiger partial charge in [0.05, 0.1) is 0 Å². The number of furan rings is 1. The first kappa shape index (κ1) is 16.6. The molecule has 4 heteroatoms. The Labute approximate surface area is 158 Å². The summed E-state index contributed by atoms with van der Waals surface area (Å²) in [6.07, 6.45) is 2.07. The molecule has 1 aromatic heterocycles. The Balaban J connectivity index is 1.98. The second-order valence-electron chi connectivity index (χ2n) is 7.40. The van der Waals surface area contributed by atoms with Gasteiger partial charge in [-0.1, -0.05) is 62.4 Å². The van der Waals surface area contributed by atoms with Crippen LogP contribution in [0.1, 0.15) is 37.8 Å². The molecule has 0 saturated carbocycles. The number of fused-ring (bicyclic) bond motifs is 7. The van der Waals surface area contributed by atoms with Gasteiger partial charge >= 0.3 is 7.12 Å². The first-order valence-corrected chi connectivity index (χ1v) is 9.57. The van der Waals surface area contributed by atoms with Crippen molar-refractivity contribution in [2.75, 3.05) is 0 Å². The minimum Gasteiger partial charge on any atom is -0.456 e. The van der Waals surface area contributed by atoms with E-state index < -0.39 is 7.12 Å². The molecule has 0 fully saturated rings. The average Bonchev–Trinajstić information content (AvgIpc) is 3.21. The van der Waals surface area contributed by atoms with Crippen LogP contribution in [-0.2, 0) is 5.41 Å². The molecule has 1 aliphatic carbocycles. The van der Waals surface area contributed by atoms with E-state index in [0.717, 1.165) is 29.2 Å². The van der Waals surface area contributed by atoms with E-state index in [-0.39, 0.29) is 5.41 Å². The van der Waals surface area contributed by atoms with Gasteiger partial charge in [0.25, 0.3) is 0 Å². The monoisotopic (exact) mass is 356 g/mol. The number of hydrogen-bond donors (Lipinski definition) is 2. The molecule has 0 unspecified atom stereocenters. The smallest absolute Gasteiger partial charge is 0.456 e. The van der Waals surface area contributed by atoms with Gasteiger partial charge in [0, 0.05) is 21.7 Å². The van der Waals surface area contributed by atoms with Crippen molar-refractivity contribution >= 4 is 34.5 Å². The molecule has 2 N–H and O–H groups in total. The van der Waals surface area contributed by atoms with E-state index >= 15 is 0 Å². The number of rotatable bonds is 3. The minimum atomic E-state index is -1.56. The summed E-state index contributed by atoms with van der Waals surface area (Å²) < 4.78 is 6.10. The lowest BCUT2D eigenvalue weighted by molar-refractivity contribution is 0.425. The largest absolute Gasteiger partial charge is 0.492 e. The fraction of sp³-hybridized carbons (Fsp3) is 0.217. The van der Waals surface area contributed by atoms with E-state index in [1.807, 2.05) is 18.2 Å². The van der Waals surface area contributed by atoms with Gasteiger partial charge in [-0.05, 0) is 41.2 Å². The predicted octanol–water partition coefficient (Wildman–Crippen LogP) is 4.35. The zero-order valence-electron chi connectivity index (χ0n) is 15.5. The molecular formula is C23H21BO3. The highest BCUT2D eigenvalue weighted by Crippen LogP contribution is 2.55. The quantitative estimate of drug-likeness (QED) is 0.537. The molecule has 3 aromatic carbocycles. The van der Waals surface area contributed by atoms with E-state index in [0.29, 0.717) is 11.0 Å². The van der Waals surface area contributed by atoms with Crippen LogP contribution >= 0.6 is 0 Å². The third kappa shape index (κ3) is 2.00. The zero-order valence-corrected chi connectivity index (χ0v) is 15.5. The molecule has 4 aromatic rings. The van der Waals surface area contributed by atoms with E-state index in [1.54, 1.807) is 6.07 Å². The normalized spacial score (nSPS) is 14.5. The van der Waals surface area contributed by atoms with Crippen LogP contribution in [0.2, 0.25) is 0 Å². The van der Waals surface area contributed by atoms with E-state index in [4.69, 9.17) is 4.42 Å². The highest BCUT2D eigenvalue weighted by atomic mass is 16.4. The van der Waals surface area contributed by atoms with Crippen LogP contribution in [0.4, 0.5) is 0 Å². The van der Waals surface area contributed by atoms with Gasteiger partial charge in [-0.2, -0.15) is 0 Å². The van der Waals surface area contributed by atoms with E-state index in [9.17, 15) is 10.0 Å². The molecule has 3 nitrogen and oxygen atoms in total. The van der Waals surface area contributed by atoms with Crippen molar-refractivity contribution in [3.8, 4) is 11.1 Å². The molecule has 5 rings (SSSR count). The average molecular weight is 356 g/mol. The molecule has 1 heterocycles. The van der Waals surface area contributed by atoms with Gasteiger partial charge in [-0.25, -0.2) is 0 Å². The third-order valence-electron chi connectivity index (χ3n) is 6.41. The Hall–Kier alpha value is -2.56. The summed E-state index contributed by atoms with van der Waals surface area (Å²) in [7, 11) is -1.56. The van der Waals surface area contributed by atoms with Crippen LogP contribution in [0.15, 0.2) is 59.0 Å². The summed E-state index contributed by atoms with van der Waals surface area (Å²) >= 11 is 0. The van der Waals surface area contributed by atoms with Gasteiger partial charge in [0.2, 0.25) is 0 Å². The third-order valence-corrected chi connectivity index (χ3v) is 6.41. The van der Waals surface area contributed by atoms with Gasteiger partial charge in [-0.3, -0.25) is 0 Å². The Bertz CT molecular complexity index is 1190. The Morgan fingerprint density at radius 2 is 1.67 bits per heavy atom. The second kappa shape index (κ2) is 5.72. The first-order chi connectivity index (χ1) is 13.1. The maximum Gasteiger partial charge on any atom is 0.492 e. The fourth-order valence-electron chi connectivity index (χ4n) is 5.07. The standard InChI is InChI=1S/C23H21BO3/c1-3-23(4-2)16-10-6-5-8-14(16)20-17(23)12-13-19-21(20)15-9-7-11-18(24(25)26)22(15)27-19/h5-13,25-26H,3-4H2,1-2H3. The highest BCUT2D eigenvalue weighted by molar-refractivity contribution is 6.61. The number of para-hydroxylation sites is 1. The summed E-state index contributed by atoms with van der Waals surface area (Å²) in [5.74, 6) is 0. The maximum atomic E-state index is 9.75. The van der Waals surface area contributed by atoms with Crippen molar-refractivity contribution in [2.45, 2.75) is 32.1 Å². The van der Waals surface area contributed by atoms with Crippen LogP contribution < -0.4 is 5.46 Å². The Kier molecular flexibility index (Phi) is 3.52. The van der Waals surface area contributed by atoms with Crippen LogP contribution in [0.5, 0.6) is 0 Å². The Morgan fingerprint density at radius 1 is 0.889 bits per heavy atom. The van der Waals surface area contributed by atoms with Crippen molar-refractivity contribution in [3.05, 3.63) is 65.7 Å². The molecule has 0 aliphatic heterocycles. The second-order valence-corrected chi connectivity index (χ2v) is 7.40. The van der Waals surface area contributed by atoms with Crippen molar-refractivity contribution in [3.63, 3.8) is 0 Å². The summed E-state index contributed by atoms with van der Waals surface area (Å²) in [6.45, 7) is 4.51. The molecule has 27 heavy (non-hydrogen) atoms. The molecule has 0 amide bonds. The van der Waals surface area contributed by atoms with E-state index in [1.165, 1.54) is 22.3 Å².